The second kappa shape index (κ2) is 8.22. The fraction of sp³-hybridized carbons (Fsp3) is 0. The van der Waals surface area contributed by atoms with Crippen molar-refractivity contribution in [2.75, 3.05) is 10.6 Å². The molecule has 6 heteroatoms. The van der Waals surface area contributed by atoms with Crippen LogP contribution in [0.2, 0.25) is 0 Å². The number of anilines is 2. The van der Waals surface area contributed by atoms with Crippen molar-refractivity contribution < 1.29 is 14.7 Å². The first-order valence-corrected chi connectivity index (χ1v) is 8.67. The third kappa shape index (κ3) is 4.64. The zero-order chi connectivity index (χ0) is 18.4. The lowest BCUT2D eigenvalue weighted by atomic mass is 10.3. The van der Waals surface area contributed by atoms with Gasteiger partial charge >= 0.3 is 11.8 Å². The average Bonchev–Trinajstić information content (AvgIpc) is 2.66. The van der Waals surface area contributed by atoms with E-state index in [0.29, 0.717) is 11.4 Å². The van der Waals surface area contributed by atoms with Crippen LogP contribution >= 0.6 is 11.8 Å². The molecule has 0 aliphatic heterocycles. The smallest absolute Gasteiger partial charge is 0.314 e. The molecule has 0 aromatic heterocycles. The largest absolute Gasteiger partial charge is 0.508 e. The van der Waals surface area contributed by atoms with Crippen LogP contribution in [-0.2, 0) is 9.59 Å². The second-order valence-corrected chi connectivity index (χ2v) is 6.48. The van der Waals surface area contributed by atoms with Crippen LogP contribution in [0, 0.1) is 0 Å². The number of amides is 2. The summed E-state index contributed by atoms with van der Waals surface area (Å²) in [5.41, 5.74) is 0.988. The summed E-state index contributed by atoms with van der Waals surface area (Å²) in [6.45, 7) is 0. The standard InChI is InChI=1S/C20H16N2O3S/c23-15-12-10-14(11-13-15)21-19(24)20(25)22-17-8-4-5-9-18(17)26-16-6-2-1-3-7-16/h1-13,23H,(H,21,24)(H,22,25). The van der Waals surface area contributed by atoms with E-state index in [1.807, 2.05) is 42.5 Å². The Balaban J connectivity index is 1.69. The molecule has 26 heavy (non-hydrogen) atoms. The van der Waals surface area contributed by atoms with Crippen molar-refractivity contribution in [3.05, 3.63) is 78.9 Å². The molecule has 0 bridgehead atoms. The molecule has 3 aromatic rings. The molecular formula is C20H16N2O3S. The van der Waals surface area contributed by atoms with Crippen molar-refractivity contribution in [1.82, 2.24) is 0 Å². The molecule has 0 fully saturated rings. The summed E-state index contributed by atoms with van der Waals surface area (Å²) >= 11 is 1.50. The number of hydrogen-bond donors (Lipinski definition) is 3. The minimum absolute atomic E-state index is 0.0827. The van der Waals surface area contributed by atoms with Gasteiger partial charge in [-0.25, -0.2) is 0 Å². The van der Waals surface area contributed by atoms with E-state index in [1.54, 1.807) is 12.1 Å². The van der Waals surface area contributed by atoms with E-state index >= 15 is 0 Å². The topological polar surface area (TPSA) is 78.4 Å². The number of phenols is 1. The van der Waals surface area contributed by atoms with Crippen molar-refractivity contribution in [2.24, 2.45) is 0 Å². The summed E-state index contributed by atoms with van der Waals surface area (Å²) in [6, 6.07) is 22.9. The quantitative estimate of drug-likeness (QED) is 0.481. The monoisotopic (exact) mass is 364 g/mol. The van der Waals surface area contributed by atoms with Crippen LogP contribution in [0.3, 0.4) is 0 Å². The van der Waals surface area contributed by atoms with E-state index in [1.165, 1.54) is 36.0 Å². The second-order valence-electron chi connectivity index (χ2n) is 5.37. The van der Waals surface area contributed by atoms with Crippen LogP contribution in [0.1, 0.15) is 0 Å². The van der Waals surface area contributed by atoms with Crippen molar-refractivity contribution >= 4 is 35.0 Å². The zero-order valence-electron chi connectivity index (χ0n) is 13.7. The van der Waals surface area contributed by atoms with Crippen molar-refractivity contribution in [3.8, 4) is 5.75 Å². The highest BCUT2D eigenvalue weighted by atomic mass is 32.2. The molecule has 0 saturated carbocycles. The summed E-state index contributed by atoms with van der Waals surface area (Å²) in [5.74, 6) is -1.46. The highest BCUT2D eigenvalue weighted by Crippen LogP contribution is 2.33. The molecule has 0 saturated heterocycles. The number of nitrogens with one attached hydrogen (secondary N) is 2. The third-order valence-electron chi connectivity index (χ3n) is 3.44. The number of aromatic hydroxyl groups is 1. The number of para-hydroxylation sites is 1. The van der Waals surface area contributed by atoms with Gasteiger partial charge in [0, 0.05) is 15.5 Å². The minimum Gasteiger partial charge on any atom is -0.508 e. The Morgan fingerprint density at radius 2 is 1.35 bits per heavy atom. The van der Waals surface area contributed by atoms with E-state index in [4.69, 9.17) is 0 Å². The SMILES string of the molecule is O=C(Nc1ccc(O)cc1)C(=O)Nc1ccccc1Sc1ccccc1. The number of carbonyl (C=O) groups excluding carboxylic acids is 2. The van der Waals surface area contributed by atoms with E-state index in [9.17, 15) is 14.7 Å². The Hall–Kier alpha value is -3.25. The number of hydrogen-bond acceptors (Lipinski definition) is 4. The van der Waals surface area contributed by atoms with Crippen LogP contribution in [-0.4, -0.2) is 16.9 Å². The van der Waals surface area contributed by atoms with Gasteiger partial charge in [-0.1, -0.05) is 42.1 Å². The molecule has 0 unspecified atom stereocenters. The Morgan fingerprint density at radius 1 is 0.731 bits per heavy atom. The molecule has 2 amide bonds. The van der Waals surface area contributed by atoms with Gasteiger partial charge in [0.25, 0.3) is 0 Å². The Labute approximate surface area is 155 Å². The fourth-order valence-corrected chi connectivity index (χ4v) is 3.11. The maximum absolute atomic E-state index is 12.2. The number of carbonyl (C=O) groups is 2. The van der Waals surface area contributed by atoms with Gasteiger partial charge in [0.1, 0.15) is 5.75 Å². The van der Waals surface area contributed by atoms with E-state index < -0.39 is 11.8 Å². The maximum Gasteiger partial charge on any atom is 0.314 e. The van der Waals surface area contributed by atoms with E-state index in [0.717, 1.165) is 9.79 Å². The molecule has 5 nitrogen and oxygen atoms in total. The van der Waals surface area contributed by atoms with Crippen LogP contribution in [0.4, 0.5) is 11.4 Å². The molecule has 0 radical (unpaired) electrons. The molecule has 3 aromatic carbocycles. The Morgan fingerprint density at radius 3 is 2.08 bits per heavy atom. The summed E-state index contributed by atoms with van der Waals surface area (Å²) < 4.78 is 0. The Bertz CT molecular complexity index is 912. The Kier molecular flexibility index (Phi) is 5.56. The normalized spacial score (nSPS) is 10.2. The van der Waals surface area contributed by atoms with Gasteiger partial charge in [0.05, 0.1) is 5.69 Å². The molecule has 130 valence electrons. The maximum atomic E-state index is 12.2. The van der Waals surface area contributed by atoms with Crippen LogP contribution < -0.4 is 10.6 Å². The molecule has 3 rings (SSSR count). The molecule has 3 N–H and O–H groups in total. The van der Waals surface area contributed by atoms with Gasteiger partial charge in [-0.15, -0.1) is 0 Å². The van der Waals surface area contributed by atoms with Gasteiger partial charge in [-0.2, -0.15) is 0 Å². The van der Waals surface area contributed by atoms with Gasteiger partial charge in [-0.05, 0) is 48.5 Å². The fourth-order valence-electron chi connectivity index (χ4n) is 2.19. The number of rotatable bonds is 4. The predicted molar refractivity (Wildman–Crippen MR) is 102 cm³/mol. The summed E-state index contributed by atoms with van der Waals surface area (Å²) in [5, 5.41) is 14.4. The highest BCUT2D eigenvalue weighted by Gasteiger charge is 2.16. The van der Waals surface area contributed by atoms with Gasteiger partial charge < -0.3 is 15.7 Å². The van der Waals surface area contributed by atoms with Crippen molar-refractivity contribution in [1.29, 1.82) is 0 Å². The highest BCUT2D eigenvalue weighted by molar-refractivity contribution is 7.99. The van der Waals surface area contributed by atoms with Crippen molar-refractivity contribution in [3.63, 3.8) is 0 Å². The van der Waals surface area contributed by atoms with Crippen LogP contribution in [0.15, 0.2) is 88.7 Å². The number of phenolic OH excluding ortho intramolecular Hbond substituents is 1. The first-order valence-electron chi connectivity index (χ1n) is 7.85. The lowest BCUT2D eigenvalue weighted by Crippen LogP contribution is -2.29. The first kappa shape index (κ1) is 17.6. The van der Waals surface area contributed by atoms with Gasteiger partial charge in [-0.3, -0.25) is 9.59 Å². The summed E-state index contributed by atoms with van der Waals surface area (Å²) in [7, 11) is 0. The van der Waals surface area contributed by atoms with Crippen LogP contribution in [0.5, 0.6) is 5.75 Å². The molecule has 0 aliphatic rings. The van der Waals surface area contributed by atoms with E-state index in [2.05, 4.69) is 10.6 Å². The number of benzene rings is 3. The third-order valence-corrected chi connectivity index (χ3v) is 4.52. The molecule has 0 spiro atoms. The predicted octanol–water partition coefficient (Wildman–Crippen LogP) is 4.12. The molecular weight excluding hydrogens is 348 g/mol. The van der Waals surface area contributed by atoms with Gasteiger partial charge in [0.15, 0.2) is 0 Å². The molecule has 0 atom stereocenters. The first-order chi connectivity index (χ1) is 12.6. The van der Waals surface area contributed by atoms with E-state index in [-0.39, 0.29) is 5.75 Å². The van der Waals surface area contributed by atoms with Crippen molar-refractivity contribution in [2.45, 2.75) is 9.79 Å². The lowest BCUT2D eigenvalue weighted by molar-refractivity contribution is -0.133. The average molecular weight is 364 g/mol. The summed E-state index contributed by atoms with van der Waals surface area (Å²) in [6.07, 6.45) is 0. The van der Waals surface area contributed by atoms with Crippen LogP contribution in [0.25, 0.3) is 0 Å². The summed E-state index contributed by atoms with van der Waals surface area (Å²) in [4.78, 5) is 26.2. The molecule has 0 aliphatic carbocycles. The van der Waals surface area contributed by atoms with Gasteiger partial charge in [0.2, 0.25) is 0 Å². The zero-order valence-corrected chi connectivity index (χ0v) is 14.5. The lowest BCUT2D eigenvalue weighted by Gasteiger charge is -2.11. The minimum atomic E-state index is -0.782. The molecule has 0 heterocycles.